The minimum atomic E-state index is 0.622. The molecule has 0 saturated heterocycles. The second-order valence-corrected chi connectivity index (χ2v) is 11.2. The van der Waals surface area contributed by atoms with Gasteiger partial charge in [-0.05, 0) is 80.8 Å². The number of fused-ring (bicyclic) bond motifs is 9. The average molecular weight is 563 g/mol. The maximum Gasteiger partial charge on any atom is 0.227 e. The van der Waals surface area contributed by atoms with Crippen molar-refractivity contribution in [1.82, 2.24) is 4.98 Å². The topological polar surface area (TPSA) is 29.3 Å². The summed E-state index contributed by atoms with van der Waals surface area (Å²) < 4.78 is 6.51. The average Bonchev–Trinajstić information content (AvgIpc) is 3.56. The lowest BCUT2D eigenvalue weighted by Gasteiger charge is -2.26. The van der Waals surface area contributed by atoms with E-state index in [0.29, 0.717) is 5.89 Å². The molecular formula is C41H26N2O. The summed E-state index contributed by atoms with van der Waals surface area (Å²) in [6, 6.07) is 55.6. The third-order valence-corrected chi connectivity index (χ3v) is 8.65. The second kappa shape index (κ2) is 9.82. The quantitative estimate of drug-likeness (QED) is 0.200. The number of para-hydroxylation sites is 1. The van der Waals surface area contributed by atoms with E-state index >= 15 is 0 Å². The van der Waals surface area contributed by atoms with Gasteiger partial charge >= 0.3 is 0 Å². The first-order chi connectivity index (χ1) is 21.8. The molecule has 0 aliphatic carbocycles. The molecule has 1 aromatic heterocycles. The van der Waals surface area contributed by atoms with Gasteiger partial charge in [0, 0.05) is 33.4 Å². The highest BCUT2D eigenvalue weighted by molar-refractivity contribution is 6.22. The number of oxazole rings is 1. The molecular weight excluding hydrogens is 536 g/mol. The first-order valence-corrected chi connectivity index (χ1v) is 14.9. The zero-order valence-corrected chi connectivity index (χ0v) is 23.8. The van der Waals surface area contributed by atoms with Crippen LogP contribution in [0.4, 0.5) is 17.1 Å². The van der Waals surface area contributed by atoms with Crippen molar-refractivity contribution in [3.8, 4) is 11.5 Å². The first kappa shape index (κ1) is 24.6. The van der Waals surface area contributed by atoms with Gasteiger partial charge < -0.3 is 9.32 Å². The van der Waals surface area contributed by atoms with Crippen LogP contribution in [0.15, 0.2) is 162 Å². The van der Waals surface area contributed by atoms with Crippen LogP contribution >= 0.6 is 0 Å². The largest absolute Gasteiger partial charge is 0.435 e. The predicted octanol–water partition coefficient (Wildman–Crippen LogP) is 11.6. The summed E-state index contributed by atoms with van der Waals surface area (Å²) in [5.41, 5.74) is 5.93. The molecule has 0 saturated carbocycles. The Balaban J connectivity index is 1.18. The van der Waals surface area contributed by atoms with E-state index in [9.17, 15) is 0 Å². The third kappa shape index (κ3) is 3.87. The van der Waals surface area contributed by atoms with Gasteiger partial charge in [0.05, 0.1) is 0 Å². The summed E-state index contributed by atoms with van der Waals surface area (Å²) in [5, 5.41) is 9.51. The van der Waals surface area contributed by atoms with Gasteiger partial charge in [0.1, 0.15) is 5.52 Å². The predicted molar refractivity (Wildman–Crippen MR) is 184 cm³/mol. The fraction of sp³-hybridized carbons (Fsp3) is 0. The van der Waals surface area contributed by atoms with Gasteiger partial charge in [-0.3, -0.25) is 0 Å². The molecule has 0 radical (unpaired) electrons. The Morgan fingerprint density at radius 2 is 0.955 bits per heavy atom. The van der Waals surface area contributed by atoms with Crippen LogP contribution in [0.2, 0.25) is 0 Å². The van der Waals surface area contributed by atoms with Crippen LogP contribution in [0.25, 0.3) is 65.6 Å². The van der Waals surface area contributed by atoms with E-state index in [1.54, 1.807) is 0 Å². The van der Waals surface area contributed by atoms with Gasteiger partial charge in [-0.1, -0.05) is 109 Å². The standard InChI is InChI=1S/C41H26N2O/c1-2-11-30(12-3-1)43(32-25-20-28-19-18-27-10-4-5-13-33(27)38(28)26-32)31-23-21-29(22-24-31)41-42-39-36-16-8-6-14-34(36)35-15-7-9-17-37(35)40(39)44-41/h1-26H. The third-order valence-electron chi connectivity index (χ3n) is 8.65. The second-order valence-electron chi connectivity index (χ2n) is 11.2. The lowest BCUT2D eigenvalue weighted by atomic mass is 10.0. The first-order valence-electron chi connectivity index (χ1n) is 14.9. The molecule has 0 spiro atoms. The molecule has 0 unspecified atom stereocenters. The van der Waals surface area contributed by atoms with Crippen molar-refractivity contribution in [1.29, 1.82) is 0 Å². The molecule has 9 rings (SSSR count). The van der Waals surface area contributed by atoms with Crippen LogP contribution in [0.3, 0.4) is 0 Å². The maximum absolute atomic E-state index is 6.51. The molecule has 44 heavy (non-hydrogen) atoms. The molecule has 0 atom stereocenters. The summed E-state index contributed by atoms with van der Waals surface area (Å²) in [4.78, 5) is 7.34. The van der Waals surface area contributed by atoms with E-state index in [-0.39, 0.29) is 0 Å². The number of rotatable bonds is 4. The van der Waals surface area contributed by atoms with Gasteiger partial charge in [0.25, 0.3) is 0 Å². The normalized spacial score (nSPS) is 11.6. The number of anilines is 3. The molecule has 0 aliphatic rings. The van der Waals surface area contributed by atoms with Crippen molar-refractivity contribution in [3.63, 3.8) is 0 Å². The number of benzene rings is 8. The Morgan fingerprint density at radius 3 is 1.73 bits per heavy atom. The summed E-state index contributed by atoms with van der Waals surface area (Å²) in [7, 11) is 0. The Morgan fingerprint density at radius 1 is 0.409 bits per heavy atom. The van der Waals surface area contributed by atoms with Crippen molar-refractivity contribution < 1.29 is 4.42 Å². The number of hydrogen-bond acceptors (Lipinski definition) is 3. The fourth-order valence-corrected chi connectivity index (χ4v) is 6.56. The summed E-state index contributed by atoms with van der Waals surface area (Å²) >= 11 is 0. The van der Waals surface area contributed by atoms with Crippen LogP contribution in [-0.2, 0) is 0 Å². The molecule has 0 fully saturated rings. The zero-order chi connectivity index (χ0) is 29.0. The van der Waals surface area contributed by atoms with Crippen molar-refractivity contribution in [2.75, 3.05) is 4.90 Å². The van der Waals surface area contributed by atoms with E-state index in [1.807, 2.05) is 0 Å². The minimum Gasteiger partial charge on any atom is -0.435 e. The number of nitrogens with zero attached hydrogens (tertiary/aromatic N) is 2. The lowest BCUT2D eigenvalue weighted by Crippen LogP contribution is -2.09. The molecule has 3 nitrogen and oxygen atoms in total. The molecule has 9 aromatic rings. The lowest BCUT2D eigenvalue weighted by molar-refractivity contribution is 0.623. The smallest absolute Gasteiger partial charge is 0.227 e. The highest BCUT2D eigenvalue weighted by Crippen LogP contribution is 2.40. The molecule has 0 bridgehead atoms. The van der Waals surface area contributed by atoms with Crippen LogP contribution in [0.1, 0.15) is 0 Å². The Bertz CT molecular complexity index is 2420. The van der Waals surface area contributed by atoms with Crippen LogP contribution < -0.4 is 4.90 Å². The van der Waals surface area contributed by atoms with E-state index in [1.165, 1.54) is 32.3 Å². The SMILES string of the molecule is c1ccc(N(c2ccc(-c3nc4c5ccccc5c5ccccc5c4o3)cc2)c2ccc3ccc4ccccc4c3c2)cc1. The van der Waals surface area contributed by atoms with Crippen LogP contribution in [0, 0.1) is 0 Å². The zero-order valence-electron chi connectivity index (χ0n) is 23.8. The molecule has 8 aromatic carbocycles. The molecule has 1 heterocycles. The molecule has 0 N–H and O–H groups in total. The van der Waals surface area contributed by atoms with Crippen molar-refractivity contribution >= 4 is 71.3 Å². The van der Waals surface area contributed by atoms with Gasteiger partial charge in [0.15, 0.2) is 5.58 Å². The highest BCUT2D eigenvalue weighted by Gasteiger charge is 2.18. The number of aromatic nitrogens is 1. The highest BCUT2D eigenvalue weighted by atomic mass is 16.3. The molecule has 206 valence electrons. The Labute approximate surface area is 254 Å². The van der Waals surface area contributed by atoms with Gasteiger partial charge in [0.2, 0.25) is 5.89 Å². The fourth-order valence-electron chi connectivity index (χ4n) is 6.56. The maximum atomic E-state index is 6.51. The van der Waals surface area contributed by atoms with Crippen molar-refractivity contribution in [3.05, 3.63) is 158 Å². The van der Waals surface area contributed by atoms with Crippen molar-refractivity contribution in [2.45, 2.75) is 0 Å². The minimum absolute atomic E-state index is 0.622. The van der Waals surface area contributed by atoms with Gasteiger partial charge in [-0.2, -0.15) is 0 Å². The van der Waals surface area contributed by atoms with Crippen LogP contribution in [-0.4, -0.2) is 4.98 Å². The molecule has 0 aliphatic heterocycles. The number of hydrogen-bond donors (Lipinski definition) is 0. The van der Waals surface area contributed by atoms with E-state index in [4.69, 9.17) is 9.40 Å². The van der Waals surface area contributed by atoms with Gasteiger partial charge in [-0.15, -0.1) is 0 Å². The summed E-state index contributed by atoms with van der Waals surface area (Å²) in [5.74, 6) is 0.622. The van der Waals surface area contributed by atoms with Crippen molar-refractivity contribution in [2.24, 2.45) is 0 Å². The van der Waals surface area contributed by atoms with E-state index in [0.717, 1.165) is 44.5 Å². The molecule has 0 amide bonds. The molecule has 3 heteroatoms. The Kier molecular flexibility index (Phi) is 5.50. The summed E-state index contributed by atoms with van der Waals surface area (Å²) in [6.07, 6.45) is 0. The van der Waals surface area contributed by atoms with E-state index in [2.05, 4.69) is 163 Å². The Hall–Kier alpha value is -5.93. The van der Waals surface area contributed by atoms with E-state index < -0.39 is 0 Å². The summed E-state index contributed by atoms with van der Waals surface area (Å²) in [6.45, 7) is 0. The van der Waals surface area contributed by atoms with Gasteiger partial charge in [-0.25, -0.2) is 4.98 Å². The van der Waals surface area contributed by atoms with Crippen LogP contribution in [0.5, 0.6) is 0 Å². The monoisotopic (exact) mass is 562 g/mol.